The van der Waals surface area contributed by atoms with Gasteiger partial charge >= 0.3 is 0 Å². The minimum atomic E-state index is -0.947. The molecule has 0 unspecified atom stereocenters. The number of halogens is 3. The van der Waals surface area contributed by atoms with Crippen LogP contribution in [0.2, 0.25) is 0 Å². The van der Waals surface area contributed by atoms with Crippen molar-refractivity contribution in [3.05, 3.63) is 33.8 Å². The Morgan fingerprint density at radius 1 is 1.25 bits per heavy atom. The Morgan fingerprint density at radius 2 is 1.85 bits per heavy atom. The lowest BCUT2D eigenvalue weighted by Crippen LogP contribution is -2.32. The van der Waals surface area contributed by atoms with Crippen LogP contribution in [0, 0.1) is 11.6 Å². The third kappa shape index (κ3) is 4.00. The van der Waals surface area contributed by atoms with Gasteiger partial charge in [-0.15, -0.1) is 0 Å². The summed E-state index contributed by atoms with van der Waals surface area (Å²) in [7, 11) is 0. The van der Waals surface area contributed by atoms with Crippen LogP contribution in [0.1, 0.15) is 29.6 Å². The van der Waals surface area contributed by atoms with E-state index in [1.807, 2.05) is 0 Å². The highest BCUT2D eigenvalue weighted by molar-refractivity contribution is 9.10. The zero-order chi connectivity index (χ0) is 14.7. The van der Waals surface area contributed by atoms with Gasteiger partial charge in [-0.05, 0) is 25.0 Å². The van der Waals surface area contributed by atoms with Crippen molar-refractivity contribution < 1.29 is 18.4 Å². The first-order valence-corrected chi connectivity index (χ1v) is 6.99. The highest BCUT2D eigenvalue weighted by Gasteiger charge is 2.23. The first-order valence-electron chi connectivity index (χ1n) is 6.19. The maximum absolute atomic E-state index is 13.5. The quantitative estimate of drug-likeness (QED) is 0.857. The molecule has 20 heavy (non-hydrogen) atoms. The van der Waals surface area contributed by atoms with Crippen LogP contribution >= 0.6 is 15.9 Å². The molecule has 2 amide bonds. The lowest BCUT2D eigenvalue weighted by molar-refractivity contribution is -0.121. The molecule has 1 saturated carbocycles. The number of rotatable bonds is 5. The summed E-state index contributed by atoms with van der Waals surface area (Å²) in [6, 6.07) is 2.27. The van der Waals surface area contributed by atoms with Gasteiger partial charge in [0.05, 0.1) is 0 Å². The van der Waals surface area contributed by atoms with Gasteiger partial charge in [-0.2, -0.15) is 0 Å². The summed E-state index contributed by atoms with van der Waals surface area (Å²) in [4.78, 5) is 23.0. The van der Waals surface area contributed by atoms with E-state index in [1.54, 1.807) is 0 Å². The van der Waals surface area contributed by atoms with Crippen LogP contribution < -0.4 is 10.6 Å². The van der Waals surface area contributed by atoms with Crippen LogP contribution in [0.15, 0.2) is 16.6 Å². The molecule has 1 aromatic carbocycles. The second-order valence-electron chi connectivity index (χ2n) is 4.59. The van der Waals surface area contributed by atoms with Crippen molar-refractivity contribution in [3.63, 3.8) is 0 Å². The minimum Gasteiger partial charge on any atom is -0.353 e. The largest absolute Gasteiger partial charge is 0.353 e. The summed E-state index contributed by atoms with van der Waals surface area (Å²) < 4.78 is 27.3. The maximum atomic E-state index is 13.5. The molecule has 0 spiro atoms. The second kappa shape index (κ2) is 6.30. The lowest BCUT2D eigenvalue weighted by Gasteiger charge is -2.08. The Hall–Kier alpha value is -1.50. The molecule has 0 atom stereocenters. The van der Waals surface area contributed by atoms with Crippen LogP contribution in [-0.4, -0.2) is 24.4 Å². The molecule has 0 aromatic heterocycles. The Labute approximate surface area is 123 Å². The molecule has 0 heterocycles. The average molecular weight is 347 g/mol. The predicted molar refractivity (Wildman–Crippen MR) is 72.2 cm³/mol. The van der Waals surface area contributed by atoms with E-state index in [0.29, 0.717) is 0 Å². The third-order valence-corrected chi connectivity index (χ3v) is 3.27. The van der Waals surface area contributed by atoms with Crippen molar-refractivity contribution in [2.45, 2.75) is 25.3 Å². The van der Waals surface area contributed by atoms with Gasteiger partial charge < -0.3 is 10.6 Å². The van der Waals surface area contributed by atoms with E-state index in [0.717, 1.165) is 25.0 Å². The number of hydrogen-bond acceptors (Lipinski definition) is 2. The minimum absolute atomic E-state index is 0.0341. The van der Waals surface area contributed by atoms with Crippen LogP contribution in [0.5, 0.6) is 0 Å². The number of carbonyl (C=O) groups is 2. The number of carbonyl (C=O) groups excluding carboxylic acids is 2. The van der Waals surface area contributed by atoms with Crippen LogP contribution in [0.3, 0.4) is 0 Å². The molecule has 7 heteroatoms. The van der Waals surface area contributed by atoms with Gasteiger partial charge in [0.1, 0.15) is 17.2 Å². The third-order valence-electron chi connectivity index (χ3n) is 2.81. The lowest BCUT2D eigenvalue weighted by atomic mass is 10.2. The molecule has 1 aliphatic carbocycles. The standard InChI is InChI=1S/C13H13BrF2N2O2/c14-7-5-9(15)12(10(16)6-7)13(20)17-4-3-11(19)18-8-1-2-8/h5-6,8H,1-4H2,(H,17,20)(H,18,19). The fraction of sp³-hybridized carbons (Fsp3) is 0.385. The van der Waals surface area contributed by atoms with Gasteiger partial charge in [0, 0.05) is 23.5 Å². The Bertz CT molecular complexity index is 524. The highest BCUT2D eigenvalue weighted by atomic mass is 79.9. The van der Waals surface area contributed by atoms with E-state index >= 15 is 0 Å². The Morgan fingerprint density at radius 3 is 2.40 bits per heavy atom. The van der Waals surface area contributed by atoms with Gasteiger partial charge in [-0.1, -0.05) is 15.9 Å². The van der Waals surface area contributed by atoms with Gasteiger partial charge in [0.2, 0.25) is 5.91 Å². The molecular weight excluding hydrogens is 334 g/mol. The molecule has 0 aliphatic heterocycles. The molecule has 1 fully saturated rings. The predicted octanol–water partition coefficient (Wildman–Crippen LogP) is 2.13. The fourth-order valence-electron chi connectivity index (χ4n) is 1.66. The number of hydrogen-bond donors (Lipinski definition) is 2. The molecule has 1 aliphatic rings. The fourth-order valence-corrected chi connectivity index (χ4v) is 2.07. The number of nitrogens with one attached hydrogen (secondary N) is 2. The van der Waals surface area contributed by atoms with Gasteiger partial charge in [0.15, 0.2) is 0 Å². The Balaban J connectivity index is 1.86. The molecule has 2 N–H and O–H groups in total. The normalized spacial score (nSPS) is 13.9. The molecule has 108 valence electrons. The highest BCUT2D eigenvalue weighted by Crippen LogP contribution is 2.19. The van der Waals surface area contributed by atoms with Crippen molar-refractivity contribution in [1.29, 1.82) is 0 Å². The first-order chi connectivity index (χ1) is 9.47. The smallest absolute Gasteiger partial charge is 0.257 e. The first kappa shape index (κ1) is 14.9. The zero-order valence-corrected chi connectivity index (χ0v) is 12.1. The summed E-state index contributed by atoms with van der Waals surface area (Å²) >= 11 is 2.93. The zero-order valence-electron chi connectivity index (χ0n) is 10.5. The summed E-state index contributed by atoms with van der Waals surface area (Å²) in [6.07, 6.45) is 2.04. The molecule has 4 nitrogen and oxygen atoms in total. The molecular formula is C13H13BrF2N2O2. The van der Waals surface area contributed by atoms with Crippen molar-refractivity contribution in [3.8, 4) is 0 Å². The van der Waals surface area contributed by atoms with E-state index in [9.17, 15) is 18.4 Å². The van der Waals surface area contributed by atoms with Crippen molar-refractivity contribution >= 4 is 27.7 Å². The van der Waals surface area contributed by atoms with E-state index in [4.69, 9.17) is 0 Å². The summed E-state index contributed by atoms with van der Waals surface area (Å²) in [5.74, 6) is -2.94. The summed E-state index contributed by atoms with van der Waals surface area (Å²) in [6.45, 7) is 0.0341. The topological polar surface area (TPSA) is 58.2 Å². The van der Waals surface area contributed by atoms with Crippen molar-refractivity contribution in [2.75, 3.05) is 6.54 Å². The van der Waals surface area contributed by atoms with Crippen LogP contribution in [-0.2, 0) is 4.79 Å². The number of amides is 2. The Kier molecular flexibility index (Phi) is 4.69. The van der Waals surface area contributed by atoms with Crippen molar-refractivity contribution in [1.82, 2.24) is 10.6 Å². The molecule has 0 saturated heterocycles. The SMILES string of the molecule is O=C(CCNC(=O)c1c(F)cc(Br)cc1F)NC1CC1. The summed E-state index contributed by atoms with van der Waals surface area (Å²) in [5.41, 5.74) is -0.643. The average Bonchev–Trinajstić information content (AvgIpc) is 3.11. The van der Waals surface area contributed by atoms with Crippen LogP contribution in [0.25, 0.3) is 0 Å². The molecule has 0 bridgehead atoms. The summed E-state index contributed by atoms with van der Waals surface area (Å²) in [5, 5.41) is 5.08. The molecule has 0 radical (unpaired) electrons. The van der Waals surface area contributed by atoms with Gasteiger partial charge in [-0.3, -0.25) is 9.59 Å². The molecule has 2 rings (SSSR count). The van der Waals surface area contributed by atoms with Crippen LogP contribution in [0.4, 0.5) is 8.78 Å². The number of benzene rings is 1. The molecule has 1 aromatic rings. The van der Waals surface area contributed by atoms with Crippen molar-refractivity contribution in [2.24, 2.45) is 0 Å². The van der Waals surface area contributed by atoms with E-state index < -0.39 is 23.1 Å². The van der Waals surface area contributed by atoms with E-state index in [-0.39, 0.29) is 29.4 Å². The monoisotopic (exact) mass is 346 g/mol. The maximum Gasteiger partial charge on any atom is 0.257 e. The van der Waals surface area contributed by atoms with Gasteiger partial charge in [0.25, 0.3) is 5.91 Å². The van der Waals surface area contributed by atoms with Gasteiger partial charge in [-0.25, -0.2) is 8.78 Å². The van der Waals surface area contributed by atoms with E-state index in [2.05, 4.69) is 26.6 Å². The second-order valence-corrected chi connectivity index (χ2v) is 5.51. The van der Waals surface area contributed by atoms with E-state index in [1.165, 1.54) is 0 Å².